The molecular weight excluding hydrogens is 263 g/mol. The summed E-state index contributed by atoms with van der Waals surface area (Å²) in [7, 11) is 1.52. The minimum absolute atomic E-state index is 0.0414. The standard InChI is InChI=1S/C12H14F3NO3/c1-8(11(17)18)16(2)7-9-5-3-4-6-10(9)19-12(13,14)15/h3-6,8H,7H2,1-2H3,(H,17,18). The van der Waals surface area contributed by atoms with E-state index < -0.39 is 18.4 Å². The van der Waals surface area contributed by atoms with Crippen LogP contribution in [-0.4, -0.2) is 35.4 Å². The lowest BCUT2D eigenvalue weighted by atomic mass is 10.1. The first kappa shape index (κ1) is 15.3. The molecule has 106 valence electrons. The molecular formula is C12H14F3NO3. The number of para-hydroxylation sites is 1. The van der Waals surface area contributed by atoms with Crippen molar-refractivity contribution in [2.45, 2.75) is 25.9 Å². The fourth-order valence-electron chi connectivity index (χ4n) is 1.45. The SMILES string of the molecule is CC(C(=O)O)N(C)Cc1ccccc1OC(F)(F)F. The summed E-state index contributed by atoms with van der Waals surface area (Å²) >= 11 is 0. The van der Waals surface area contributed by atoms with Crippen molar-refractivity contribution in [1.29, 1.82) is 0 Å². The van der Waals surface area contributed by atoms with E-state index in [1.807, 2.05) is 0 Å². The van der Waals surface area contributed by atoms with Gasteiger partial charge in [0.25, 0.3) is 0 Å². The summed E-state index contributed by atoms with van der Waals surface area (Å²) in [5.41, 5.74) is 0.274. The van der Waals surface area contributed by atoms with E-state index >= 15 is 0 Å². The van der Waals surface area contributed by atoms with Crippen LogP contribution in [0, 0.1) is 0 Å². The zero-order valence-corrected chi connectivity index (χ0v) is 10.4. The number of alkyl halides is 3. The molecule has 19 heavy (non-hydrogen) atoms. The Morgan fingerprint density at radius 3 is 2.53 bits per heavy atom. The number of likely N-dealkylation sites (N-methyl/N-ethyl adjacent to an activating group) is 1. The van der Waals surface area contributed by atoms with E-state index in [0.717, 1.165) is 0 Å². The van der Waals surface area contributed by atoms with Gasteiger partial charge in [0.15, 0.2) is 0 Å². The summed E-state index contributed by atoms with van der Waals surface area (Å²) in [5, 5.41) is 8.83. The highest BCUT2D eigenvalue weighted by Gasteiger charge is 2.32. The van der Waals surface area contributed by atoms with Crippen LogP contribution >= 0.6 is 0 Å². The van der Waals surface area contributed by atoms with Gasteiger partial charge in [0.1, 0.15) is 11.8 Å². The molecule has 0 aliphatic carbocycles. The van der Waals surface area contributed by atoms with E-state index in [0.29, 0.717) is 0 Å². The van der Waals surface area contributed by atoms with Crippen molar-refractivity contribution in [1.82, 2.24) is 4.90 Å². The number of carboxylic acid groups (broad SMARTS) is 1. The quantitative estimate of drug-likeness (QED) is 0.898. The van der Waals surface area contributed by atoms with Gasteiger partial charge in [0, 0.05) is 12.1 Å². The number of nitrogens with zero attached hydrogens (tertiary/aromatic N) is 1. The number of hydrogen-bond acceptors (Lipinski definition) is 3. The minimum atomic E-state index is -4.77. The number of halogens is 3. The number of rotatable bonds is 5. The molecule has 0 amide bonds. The van der Waals surface area contributed by atoms with Crippen LogP contribution in [0.25, 0.3) is 0 Å². The lowest BCUT2D eigenvalue weighted by Gasteiger charge is -2.22. The molecule has 0 heterocycles. The van der Waals surface area contributed by atoms with Crippen LogP contribution in [0.5, 0.6) is 5.75 Å². The second-order valence-corrected chi connectivity index (χ2v) is 4.08. The molecule has 0 aliphatic rings. The fourth-order valence-corrected chi connectivity index (χ4v) is 1.45. The zero-order chi connectivity index (χ0) is 14.6. The van der Waals surface area contributed by atoms with Crippen molar-refractivity contribution >= 4 is 5.97 Å². The van der Waals surface area contributed by atoms with Gasteiger partial charge in [0.2, 0.25) is 0 Å². The molecule has 1 aromatic rings. The van der Waals surface area contributed by atoms with Crippen LogP contribution in [0.2, 0.25) is 0 Å². The van der Waals surface area contributed by atoms with Gasteiger partial charge in [-0.15, -0.1) is 13.2 Å². The number of ether oxygens (including phenoxy) is 1. The highest BCUT2D eigenvalue weighted by Crippen LogP contribution is 2.27. The monoisotopic (exact) mass is 277 g/mol. The van der Waals surface area contributed by atoms with Crippen molar-refractivity contribution in [3.63, 3.8) is 0 Å². The average molecular weight is 277 g/mol. The molecule has 0 fully saturated rings. The molecule has 0 aliphatic heterocycles. The van der Waals surface area contributed by atoms with Crippen molar-refractivity contribution in [3.05, 3.63) is 29.8 Å². The molecule has 7 heteroatoms. The maximum Gasteiger partial charge on any atom is 0.573 e. The molecule has 1 unspecified atom stereocenters. The normalized spacial score (nSPS) is 13.4. The lowest BCUT2D eigenvalue weighted by molar-refractivity contribution is -0.275. The van der Waals surface area contributed by atoms with Crippen molar-refractivity contribution in [2.75, 3.05) is 7.05 Å². The van der Waals surface area contributed by atoms with Gasteiger partial charge in [-0.3, -0.25) is 9.69 Å². The molecule has 4 nitrogen and oxygen atoms in total. The Bertz CT molecular complexity index is 448. The molecule has 0 bridgehead atoms. The summed E-state index contributed by atoms with van der Waals surface area (Å²) in [4.78, 5) is 12.2. The lowest BCUT2D eigenvalue weighted by Crippen LogP contribution is -2.35. The third kappa shape index (κ3) is 4.78. The van der Waals surface area contributed by atoms with E-state index in [2.05, 4.69) is 4.74 Å². The number of hydrogen-bond donors (Lipinski definition) is 1. The van der Waals surface area contributed by atoms with Gasteiger partial charge >= 0.3 is 12.3 Å². The fraction of sp³-hybridized carbons (Fsp3) is 0.417. The zero-order valence-electron chi connectivity index (χ0n) is 10.4. The van der Waals surface area contributed by atoms with Crippen LogP contribution in [-0.2, 0) is 11.3 Å². The van der Waals surface area contributed by atoms with Gasteiger partial charge in [-0.1, -0.05) is 18.2 Å². The Morgan fingerprint density at radius 1 is 1.42 bits per heavy atom. The summed E-state index contributed by atoms with van der Waals surface area (Å²) in [6, 6.07) is 4.84. The summed E-state index contributed by atoms with van der Waals surface area (Å²) in [6.45, 7) is 1.50. The molecule has 0 radical (unpaired) electrons. The Morgan fingerprint density at radius 2 is 2.00 bits per heavy atom. The first-order valence-corrected chi connectivity index (χ1v) is 5.47. The number of carboxylic acids is 1. The van der Waals surface area contributed by atoms with E-state index in [-0.39, 0.29) is 17.9 Å². The van der Waals surface area contributed by atoms with Crippen molar-refractivity contribution < 1.29 is 27.8 Å². The van der Waals surface area contributed by atoms with Gasteiger partial charge in [-0.05, 0) is 20.0 Å². The van der Waals surface area contributed by atoms with Crippen LogP contribution in [0.1, 0.15) is 12.5 Å². The Balaban J connectivity index is 2.86. The number of benzene rings is 1. The largest absolute Gasteiger partial charge is 0.573 e. The molecule has 1 rings (SSSR count). The third-order valence-corrected chi connectivity index (χ3v) is 2.64. The van der Waals surface area contributed by atoms with Crippen molar-refractivity contribution in [2.24, 2.45) is 0 Å². The Hall–Kier alpha value is -1.76. The molecule has 1 aromatic carbocycles. The number of aliphatic carboxylic acids is 1. The summed E-state index contributed by atoms with van der Waals surface area (Å²) in [5.74, 6) is -1.36. The molecule has 1 N–H and O–H groups in total. The highest BCUT2D eigenvalue weighted by molar-refractivity contribution is 5.72. The van der Waals surface area contributed by atoms with Gasteiger partial charge in [-0.25, -0.2) is 0 Å². The highest BCUT2D eigenvalue weighted by atomic mass is 19.4. The van der Waals surface area contributed by atoms with Crippen LogP contribution in [0.15, 0.2) is 24.3 Å². The topological polar surface area (TPSA) is 49.8 Å². The third-order valence-electron chi connectivity index (χ3n) is 2.64. The van der Waals surface area contributed by atoms with Crippen LogP contribution in [0.3, 0.4) is 0 Å². The van der Waals surface area contributed by atoms with Gasteiger partial charge < -0.3 is 9.84 Å². The maximum absolute atomic E-state index is 12.2. The predicted octanol–water partition coefficient (Wildman–Crippen LogP) is 2.49. The summed E-state index contributed by atoms with van der Waals surface area (Å²) < 4.78 is 40.5. The molecule has 0 spiro atoms. The average Bonchev–Trinajstić information content (AvgIpc) is 2.28. The van der Waals surface area contributed by atoms with Crippen LogP contribution < -0.4 is 4.74 Å². The summed E-state index contributed by atoms with van der Waals surface area (Å²) in [6.07, 6.45) is -4.77. The second-order valence-electron chi connectivity index (χ2n) is 4.08. The maximum atomic E-state index is 12.2. The van der Waals surface area contributed by atoms with E-state index in [1.165, 1.54) is 37.1 Å². The predicted molar refractivity (Wildman–Crippen MR) is 61.7 cm³/mol. The molecule has 0 saturated heterocycles. The van der Waals surface area contributed by atoms with Gasteiger partial charge in [0.05, 0.1) is 0 Å². The minimum Gasteiger partial charge on any atom is -0.480 e. The van der Waals surface area contributed by atoms with Crippen molar-refractivity contribution in [3.8, 4) is 5.75 Å². The van der Waals surface area contributed by atoms with E-state index in [1.54, 1.807) is 6.07 Å². The molecule has 0 aromatic heterocycles. The van der Waals surface area contributed by atoms with E-state index in [9.17, 15) is 18.0 Å². The Labute approximate surface area is 108 Å². The number of carbonyl (C=O) groups is 1. The second kappa shape index (κ2) is 5.92. The Kier molecular flexibility index (Phi) is 4.77. The van der Waals surface area contributed by atoms with Crippen LogP contribution in [0.4, 0.5) is 13.2 Å². The molecule has 1 atom stereocenters. The smallest absolute Gasteiger partial charge is 0.480 e. The molecule has 0 saturated carbocycles. The van der Waals surface area contributed by atoms with E-state index in [4.69, 9.17) is 5.11 Å². The first-order valence-electron chi connectivity index (χ1n) is 5.47. The first-order chi connectivity index (χ1) is 8.70. The van der Waals surface area contributed by atoms with Gasteiger partial charge in [-0.2, -0.15) is 0 Å².